The quantitative estimate of drug-likeness (QED) is 0.539. The summed E-state index contributed by atoms with van der Waals surface area (Å²) in [4.78, 5) is 26.2. The number of carbonyl (C=O) groups is 1. The normalized spacial score (nSPS) is 16.0. The maximum absolute atomic E-state index is 14.4. The lowest BCUT2D eigenvalue weighted by molar-refractivity contribution is 0.190. The molecular formula is C27H29F2N5O2. The molecule has 1 saturated heterocycles. The van der Waals surface area contributed by atoms with Crippen LogP contribution in [0.3, 0.4) is 0 Å². The van der Waals surface area contributed by atoms with Crippen molar-refractivity contribution >= 4 is 12.0 Å². The number of benzene rings is 2. The molecule has 2 aliphatic heterocycles. The molecule has 2 aliphatic rings. The van der Waals surface area contributed by atoms with Gasteiger partial charge in [0.2, 0.25) is 11.8 Å². The Morgan fingerprint density at radius 2 is 1.86 bits per heavy atom. The first-order valence-electron chi connectivity index (χ1n) is 12.3. The zero-order chi connectivity index (χ0) is 25.1. The third-order valence-electron chi connectivity index (χ3n) is 6.75. The van der Waals surface area contributed by atoms with E-state index in [0.29, 0.717) is 36.9 Å². The summed E-state index contributed by atoms with van der Waals surface area (Å²) in [7, 11) is 0. The number of rotatable bonds is 5. The standard InChI is InChI=1S/C27H29F2N5O2/c1-18-9-12-33(13-10-18)26-31-23-11-14-34(27(35)30-16-19-5-3-2-4-6-19)17-21(23)25(32-26)36-24-8-7-20(28)15-22(24)29/h2-8,15,18H,9-14,16-17H2,1H3,(H,30,35). The predicted molar refractivity (Wildman–Crippen MR) is 132 cm³/mol. The Hall–Kier alpha value is -3.75. The van der Waals surface area contributed by atoms with Gasteiger partial charge in [-0.2, -0.15) is 4.98 Å². The van der Waals surface area contributed by atoms with Crippen molar-refractivity contribution in [3.63, 3.8) is 0 Å². The molecule has 9 heteroatoms. The predicted octanol–water partition coefficient (Wildman–Crippen LogP) is 5.05. The van der Waals surface area contributed by atoms with E-state index in [1.54, 1.807) is 4.90 Å². The van der Waals surface area contributed by atoms with Crippen molar-refractivity contribution in [2.45, 2.75) is 39.3 Å². The Bertz CT molecular complexity index is 1230. The highest BCUT2D eigenvalue weighted by atomic mass is 19.1. The zero-order valence-corrected chi connectivity index (χ0v) is 20.2. The summed E-state index contributed by atoms with van der Waals surface area (Å²) in [6.45, 7) is 5.03. The molecule has 0 saturated carbocycles. The van der Waals surface area contributed by atoms with Gasteiger partial charge in [-0.3, -0.25) is 0 Å². The molecule has 2 amide bonds. The number of fused-ring (bicyclic) bond motifs is 1. The molecule has 0 aliphatic carbocycles. The number of piperidine rings is 1. The number of nitrogens with zero attached hydrogens (tertiary/aromatic N) is 4. The van der Waals surface area contributed by atoms with Crippen LogP contribution < -0.4 is 15.0 Å². The summed E-state index contributed by atoms with van der Waals surface area (Å²) >= 11 is 0. The lowest BCUT2D eigenvalue weighted by Crippen LogP contribution is -2.43. The monoisotopic (exact) mass is 493 g/mol. The van der Waals surface area contributed by atoms with Crippen LogP contribution in [0, 0.1) is 17.6 Å². The molecule has 0 unspecified atom stereocenters. The topological polar surface area (TPSA) is 70.6 Å². The summed E-state index contributed by atoms with van der Waals surface area (Å²) < 4.78 is 33.8. The van der Waals surface area contributed by atoms with Gasteiger partial charge in [-0.15, -0.1) is 0 Å². The number of hydrogen-bond donors (Lipinski definition) is 1. The van der Waals surface area contributed by atoms with Crippen LogP contribution in [0.5, 0.6) is 11.6 Å². The van der Waals surface area contributed by atoms with E-state index in [9.17, 15) is 13.6 Å². The number of ether oxygens (including phenoxy) is 1. The van der Waals surface area contributed by atoms with E-state index in [4.69, 9.17) is 9.72 Å². The molecule has 1 fully saturated rings. The fourth-order valence-corrected chi connectivity index (χ4v) is 4.53. The fraction of sp³-hybridized carbons (Fsp3) is 0.370. The summed E-state index contributed by atoms with van der Waals surface area (Å²) in [5, 5.41) is 2.95. The lowest BCUT2D eigenvalue weighted by atomic mass is 9.99. The number of amides is 2. The van der Waals surface area contributed by atoms with Crippen molar-refractivity contribution in [2.24, 2.45) is 5.92 Å². The second kappa shape index (κ2) is 10.5. The van der Waals surface area contributed by atoms with Gasteiger partial charge in [0.1, 0.15) is 5.82 Å². The molecule has 5 rings (SSSR count). The van der Waals surface area contributed by atoms with Crippen LogP contribution in [0.15, 0.2) is 48.5 Å². The molecule has 7 nitrogen and oxygen atoms in total. The summed E-state index contributed by atoms with van der Waals surface area (Å²) in [6.07, 6.45) is 2.60. The molecule has 3 heterocycles. The minimum absolute atomic E-state index is 0.124. The average Bonchev–Trinajstić information content (AvgIpc) is 2.89. The highest BCUT2D eigenvalue weighted by molar-refractivity contribution is 5.74. The zero-order valence-electron chi connectivity index (χ0n) is 20.2. The Kier molecular flexibility index (Phi) is 6.97. The number of anilines is 1. The molecule has 1 aromatic heterocycles. The van der Waals surface area contributed by atoms with Crippen LogP contribution in [0.4, 0.5) is 19.5 Å². The third-order valence-corrected chi connectivity index (χ3v) is 6.75. The number of aromatic nitrogens is 2. The van der Waals surface area contributed by atoms with E-state index in [1.807, 2.05) is 30.3 Å². The van der Waals surface area contributed by atoms with Crippen molar-refractivity contribution in [3.05, 3.63) is 77.0 Å². The molecule has 0 bridgehead atoms. The van der Waals surface area contributed by atoms with E-state index in [0.717, 1.165) is 49.3 Å². The van der Waals surface area contributed by atoms with Gasteiger partial charge in [0, 0.05) is 38.7 Å². The molecule has 0 atom stereocenters. The van der Waals surface area contributed by atoms with E-state index in [2.05, 4.69) is 22.1 Å². The SMILES string of the molecule is CC1CCN(c2nc3c(c(Oc4ccc(F)cc4F)n2)CN(C(=O)NCc2ccccc2)CC3)CC1. The Morgan fingerprint density at radius 1 is 1.08 bits per heavy atom. The van der Waals surface area contributed by atoms with E-state index < -0.39 is 11.6 Å². The fourth-order valence-electron chi connectivity index (χ4n) is 4.53. The van der Waals surface area contributed by atoms with Crippen LogP contribution >= 0.6 is 0 Å². The van der Waals surface area contributed by atoms with E-state index >= 15 is 0 Å². The number of nitrogens with one attached hydrogen (secondary N) is 1. The second-order valence-corrected chi connectivity index (χ2v) is 9.42. The molecule has 3 aromatic rings. The van der Waals surface area contributed by atoms with Gasteiger partial charge in [0.05, 0.1) is 17.8 Å². The average molecular weight is 494 g/mol. The molecule has 2 aromatic carbocycles. The van der Waals surface area contributed by atoms with Crippen LogP contribution in [-0.2, 0) is 19.5 Å². The van der Waals surface area contributed by atoms with Crippen molar-refractivity contribution in [1.82, 2.24) is 20.2 Å². The first kappa shape index (κ1) is 24.0. The maximum atomic E-state index is 14.4. The number of urea groups is 1. The Morgan fingerprint density at radius 3 is 2.61 bits per heavy atom. The highest BCUT2D eigenvalue weighted by Crippen LogP contribution is 2.33. The van der Waals surface area contributed by atoms with E-state index in [1.165, 1.54) is 6.07 Å². The van der Waals surface area contributed by atoms with E-state index in [-0.39, 0.29) is 24.2 Å². The van der Waals surface area contributed by atoms with Crippen LogP contribution in [0.2, 0.25) is 0 Å². The van der Waals surface area contributed by atoms with Crippen molar-refractivity contribution in [1.29, 1.82) is 0 Å². The van der Waals surface area contributed by atoms with Crippen LogP contribution in [0.25, 0.3) is 0 Å². The summed E-state index contributed by atoms with van der Waals surface area (Å²) in [5.74, 6) is -0.246. The summed E-state index contributed by atoms with van der Waals surface area (Å²) in [6, 6.07) is 12.6. The van der Waals surface area contributed by atoms with Gasteiger partial charge < -0.3 is 19.9 Å². The van der Waals surface area contributed by atoms with Gasteiger partial charge in [0.25, 0.3) is 0 Å². The number of hydrogen-bond acceptors (Lipinski definition) is 5. The van der Waals surface area contributed by atoms with Gasteiger partial charge in [-0.1, -0.05) is 37.3 Å². The molecule has 36 heavy (non-hydrogen) atoms. The first-order chi connectivity index (χ1) is 17.5. The molecule has 188 valence electrons. The van der Waals surface area contributed by atoms with Crippen LogP contribution in [0.1, 0.15) is 36.6 Å². The number of halogens is 2. The van der Waals surface area contributed by atoms with Crippen molar-refractivity contribution in [2.75, 3.05) is 24.5 Å². The van der Waals surface area contributed by atoms with Gasteiger partial charge in [-0.05, 0) is 36.5 Å². The summed E-state index contributed by atoms with van der Waals surface area (Å²) in [5.41, 5.74) is 2.42. The van der Waals surface area contributed by atoms with Gasteiger partial charge >= 0.3 is 6.03 Å². The van der Waals surface area contributed by atoms with Crippen LogP contribution in [-0.4, -0.2) is 40.5 Å². The third kappa shape index (κ3) is 5.40. The minimum atomic E-state index is -0.816. The molecule has 0 radical (unpaired) electrons. The maximum Gasteiger partial charge on any atom is 0.317 e. The minimum Gasteiger partial charge on any atom is -0.435 e. The largest absolute Gasteiger partial charge is 0.435 e. The second-order valence-electron chi connectivity index (χ2n) is 9.42. The van der Waals surface area contributed by atoms with Gasteiger partial charge in [0.15, 0.2) is 11.6 Å². The Balaban J connectivity index is 1.40. The molecule has 1 N–H and O–H groups in total. The van der Waals surface area contributed by atoms with Gasteiger partial charge in [-0.25, -0.2) is 18.6 Å². The number of carbonyl (C=O) groups excluding carboxylic acids is 1. The molecule has 0 spiro atoms. The molecular weight excluding hydrogens is 464 g/mol. The Labute approximate surface area is 209 Å². The van der Waals surface area contributed by atoms with Crippen molar-refractivity contribution < 1.29 is 18.3 Å². The highest BCUT2D eigenvalue weighted by Gasteiger charge is 2.29. The first-order valence-corrected chi connectivity index (χ1v) is 12.3. The van der Waals surface area contributed by atoms with Crippen molar-refractivity contribution in [3.8, 4) is 11.6 Å². The lowest BCUT2D eigenvalue weighted by Gasteiger charge is -2.33. The smallest absolute Gasteiger partial charge is 0.317 e.